The van der Waals surface area contributed by atoms with Crippen LogP contribution in [-0.2, 0) is 0 Å². The minimum atomic E-state index is -1.27. The first kappa shape index (κ1) is 11.2. The van der Waals surface area contributed by atoms with Gasteiger partial charge in [0.15, 0.2) is 0 Å². The summed E-state index contributed by atoms with van der Waals surface area (Å²) in [6, 6.07) is 4.64. The predicted octanol–water partition coefficient (Wildman–Crippen LogP) is 2.30. The number of aliphatic hydroxyl groups is 1. The smallest absolute Gasteiger partial charge is 0.233 e. The summed E-state index contributed by atoms with van der Waals surface area (Å²) in [5, 5.41) is 20.1. The fraction of sp³-hybridized carbons (Fsp3) is 0.250. The molecular formula is C8H7Cl2NO3. The van der Waals surface area contributed by atoms with E-state index in [1.165, 1.54) is 12.1 Å². The number of rotatable bonds is 3. The number of halogens is 2. The molecule has 1 aromatic carbocycles. The van der Waals surface area contributed by atoms with Gasteiger partial charge in [0.05, 0.1) is 0 Å². The Labute approximate surface area is 90.2 Å². The van der Waals surface area contributed by atoms with E-state index in [1.807, 2.05) is 0 Å². The summed E-state index contributed by atoms with van der Waals surface area (Å²) in [4.78, 5) is 9.54. The van der Waals surface area contributed by atoms with Crippen molar-refractivity contribution in [2.24, 2.45) is 0 Å². The Morgan fingerprint density at radius 2 is 1.93 bits per heavy atom. The van der Waals surface area contributed by atoms with Crippen molar-refractivity contribution in [3.63, 3.8) is 0 Å². The summed E-state index contributed by atoms with van der Waals surface area (Å²) in [5.41, 5.74) is 0.201. The monoisotopic (exact) mass is 235 g/mol. The molecule has 0 aliphatic heterocycles. The van der Waals surface area contributed by atoms with Gasteiger partial charge in [0.1, 0.15) is 6.10 Å². The Morgan fingerprint density at radius 3 is 2.36 bits per heavy atom. The van der Waals surface area contributed by atoms with E-state index in [1.54, 1.807) is 6.07 Å². The maximum absolute atomic E-state index is 10.2. The summed E-state index contributed by atoms with van der Waals surface area (Å²) in [6.07, 6.45) is -1.27. The van der Waals surface area contributed by atoms with Crippen molar-refractivity contribution in [3.05, 3.63) is 43.9 Å². The molecule has 0 fully saturated rings. The minimum absolute atomic E-state index is 0.201. The van der Waals surface area contributed by atoms with Crippen molar-refractivity contribution in [2.45, 2.75) is 6.10 Å². The Bertz CT molecular complexity index is 336. The molecule has 0 aliphatic rings. The highest BCUT2D eigenvalue weighted by Gasteiger charge is 2.19. The van der Waals surface area contributed by atoms with E-state index in [0.717, 1.165) is 0 Å². The zero-order valence-electron chi connectivity index (χ0n) is 6.98. The van der Waals surface area contributed by atoms with Gasteiger partial charge in [0, 0.05) is 20.5 Å². The maximum atomic E-state index is 10.2. The molecule has 0 radical (unpaired) electrons. The lowest BCUT2D eigenvalue weighted by molar-refractivity contribution is -0.491. The highest BCUT2D eigenvalue weighted by molar-refractivity contribution is 6.36. The molecule has 0 saturated heterocycles. The molecule has 6 heteroatoms. The van der Waals surface area contributed by atoms with E-state index in [0.29, 0.717) is 0 Å². The van der Waals surface area contributed by atoms with Gasteiger partial charge in [-0.2, -0.15) is 0 Å². The van der Waals surface area contributed by atoms with Crippen LogP contribution in [0.25, 0.3) is 0 Å². The van der Waals surface area contributed by atoms with Crippen LogP contribution in [0.4, 0.5) is 0 Å². The SMILES string of the molecule is O=[N+]([O-])CC(O)c1c(Cl)cccc1Cl. The Kier molecular flexibility index (Phi) is 3.69. The number of hydrogen-bond donors (Lipinski definition) is 1. The van der Waals surface area contributed by atoms with E-state index >= 15 is 0 Å². The molecule has 1 unspecified atom stereocenters. The molecule has 0 aliphatic carbocycles. The molecule has 14 heavy (non-hydrogen) atoms. The fourth-order valence-electron chi connectivity index (χ4n) is 1.06. The maximum Gasteiger partial charge on any atom is 0.233 e. The number of nitrogens with zero attached hydrogens (tertiary/aromatic N) is 1. The number of aliphatic hydroxyl groups excluding tert-OH is 1. The van der Waals surface area contributed by atoms with Crippen LogP contribution in [0, 0.1) is 10.1 Å². The molecule has 76 valence electrons. The van der Waals surface area contributed by atoms with Gasteiger partial charge >= 0.3 is 0 Å². The fourth-order valence-corrected chi connectivity index (χ4v) is 1.71. The Balaban J connectivity index is 2.99. The molecular weight excluding hydrogens is 229 g/mol. The average Bonchev–Trinajstić information content (AvgIpc) is 2.01. The molecule has 0 bridgehead atoms. The van der Waals surface area contributed by atoms with Crippen LogP contribution in [0.3, 0.4) is 0 Å². The second-order valence-corrected chi connectivity index (χ2v) is 3.48. The van der Waals surface area contributed by atoms with Gasteiger partial charge in [-0.25, -0.2) is 0 Å². The van der Waals surface area contributed by atoms with Crippen molar-refractivity contribution in [1.29, 1.82) is 0 Å². The minimum Gasteiger partial charge on any atom is -0.381 e. The quantitative estimate of drug-likeness (QED) is 0.646. The van der Waals surface area contributed by atoms with Crippen LogP contribution in [0.5, 0.6) is 0 Å². The lowest BCUT2D eigenvalue weighted by Crippen LogP contribution is -2.12. The second kappa shape index (κ2) is 4.59. The molecule has 1 atom stereocenters. The first-order valence-electron chi connectivity index (χ1n) is 3.76. The molecule has 0 saturated carbocycles. The lowest BCUT2D eigenvalue weighted by Gasteiger charge is -2.09. The third kappa shape index (κ3) is 2.57. The van der Waals surface area contributed by atoms with Crippen LogP contribution < -0.4 is 0 Å². The van der Waals surface area contributed by atoms with Gasteiger partial charge in [-0.15, -0.1) is 0 Å². The third-order valence-electron chi connectivity index (χ3n) is 1.65. The standard InChI is InChI=1S/C8H7Cl2NO3/c9-5-2-1-3-6(10)8(5)7(12)4-11(13)14/h1-3,7,12H,4H2. The zero-order valence-corrected chi connectivity index (χ0v) is 8.50. The molecule has 0 spiro atoms. The van der Waals surface area contributed by atoms with E-state index in [9.17, 15) is 15.2 Å². The summed E-state index contributed by atoms with van der Waals surface area (Å²) < 4.78 is 0. The molecule has 0 aromatic heterocycles. The Morgan fingerprint density at radius 1 is 1.43 bits per heavy atom. The first-order valence-corrected chi connectivity index (χ1v) is 4.51. The highest BCUT2D eigenvalue weighted by atomic mass is 35.5. The van der Waals surface area contributed by atoms with E-state index in [-0.39, 0.29) is 15.6 Å². The van der Waals surface area contributed by atoms with Crippen LogP contribution in [-0.4, -0.2) is 16.6 Å². The van der Waals surface area contributed by atoms with E-state index in [4.69, 9.17) is 23.2 Å². The summed E-state index contributed by atoms with van der Waals surface area (Å²) >= 11 is 11.5. The summed E-state index contributed by atoms with van der Waals surface area (Å²) in [5.74, 6) is 0. The van der Waals surface area contributed by atoms with Crippen molar-refractivity contribution in [2.75, 3.05) is 6.54 Å². The number of benzene rings is 1. The van der Waals surface area contributed by atoms with Crippen molar-refractivity contribution in [3.8, 4) is 0 Å². The molecule has 0 amide bonds. The summed E-state index contributed by atoms with van der Waals surface area (Å²) in [7, 11) is 0. The van der Waals surface area contributed by atoms with Gasteiger partial charge in [0.25, 0.3) is 0 Å². The van der Waals surface area contributed by atoms with Gasteiger partial charge in [-0.3, -0.25) is 10.1 Å². The molecule has 1 rings (SSSR count). The van der Waals surface area contributed by atoms with Crippen LogP contribution in [0.15, 0.2) is 18.2 Å². The average molecular weight is 236 g/mol. The molecule has 0 heterocycles. The van der Waals surface area contributed by atoms with Gasteiger partial charge < -0.3 is 5.11 Å². The first-order chi connectivity index (χ1) is 6.52. The summed E-state index contributed by atoms with van der Waals surface area (Å²) in [6.45, 7) is -0.608. The zero-order chi connectivity index (χ0) is 10.7. The predicted molar refractivity (Wildman–Crippen MR) is 53.3 cm³/mol. The van der Waals surface area contributed by atoms with Gasteiger partial charge in [0.2, 0.25) is 6.54 Å². The topological polar surface area (TPSA) is 63.4 Å². The highest BCUT2D eigenvalue weighted by Crippen LogP contribution is 2.30. The van der Waals surface area contributed by atoms with E-state index in [2.05, 4.69) is 0 Å². The van der Waals surface area contributed by atoms with Crippen molar-refractivity contribution in [1.82, 2.24) is 0 Å². The Hall–Kier alpha value is -0.840. The largest absolute Gasteiger partial charge is 0.381 e. The second-order valence-electron chi connectivity index (χ2n) is 2.67. The van der Waals surface area contributed by atoms with Crippen LogP contribution in [0.1, 0.15) is 11.7 Å². The van der Waals surface area contributed by atoms with Crippen LogP contribution >= 0.6 is 23.2 Å². The van der Waals surface area contributed by atoms with E-state index < -0.39 is 17.6 Å². The normalized spacial score (nSPS) is 12.5. The lowest BCUT2D eigenvalue weighted by atomic mass is 10.1. The molecule has 1 aromatic rings. The number of hydrogen-bond acceptors (Lipinski definition) is 3. The number of nitro groups is 1. The molecule has 4 nitrogen and oxygen atoms in total. The van der Waals surface area contributed by atoms with Gasteiger partial charge in [-0.1, -0.05) is 29.3 Å². The van der Waals surface area contributed by atoms with Crippen molar-refractivity contribution >= 4 is 23.2 Å². The van der Waals surface area contributed by atoms with Crippen molar-refractivity contribution < 1.29 is 10.0 Å². The molecule has 1 N–H and O–H groups in total. The van der Waals surface area contributed by atoms with Gasteiger partial charge in [-0.05, 0) is 12.1 Å². The van der Waals surface area contributed by atoms with Crippen LogP contribution in [0.2, 0.25) is 10.0 Å². The third-order valence-corrected chi connectivity index (χ3v) is 2.31.